The van der Waals surface area contributed by atoms with Gasteiger partial charge in [0.1, 0.15) is 10.8 Å². The number of aromatic nitrogens is 3. The Balaban J connectivity index is 1.44. The highest BCUT2D eigenvalue weighted by Gasteiger charge is 2.08. The Morgan fingerprint density at radius 2 is 1.93 bits per heavy atom. The summed E-state index contributed by atoms with van der Waals surface area (Å²) in [7, 11) is 0. The van der Waals surface area contributed by atoms with Crippen molar-refractivity contribution in [3.8, 4) is 11.3 Å². The van der Waals surface area contributed by atoms with Crippen molar-refractivity contribution < 1.29 is 9.18 Å². The Kier molecular flexibility index (Phi) is 4.84. The topological polar surface area (TPSA) is 59.3 Å². The van der Waals surface area contributed by atoms with E-state index in [1.807, 2.05) is 48.7 Å². The van der Waals surface area contributed by atoms with Gasteiger partial charge in [-0.05, 0) is 30.3 Å². The van der Waals surface area contributed by atoms with Crippen molar-refractivity contribution >= 4 is 29.0 Å². The lowest BCUT2D eigenvalue weighted by atomic mass is 10.2. The Labute approximate surface area is 159 Å². The van der Waals surface area contributed by atoms with Crippen molar-refractivity contribution in [2.75, 3.05) is 11.1 Å². The van der Waals surface area contributed by atoms with Crippen LogP contribution < -0.4 is 5.32 Å². The minimum Gasteiger partial charge on any atom is -0.325 e. The quantitative estimate of drug-likeness (QED) is 0.527. The molecule has 0 saturated heterocycles. The molecule has 134 valence electrons. The zero-order chi connectivity index (χ0) is 18.6. The molecule has 0 saturated carbocycles. The van der Waals surface area contributed by atoms with E-state index in [2.05, 4.69) is 15.4 Å². The molecule has 0 radical (unpaired) electrons. The van der Waals surface area contributed by atoms with Crippen LogP contribution in [0.1, 0.15) is 0 Å². The summed E-state index contributed by atoms with van der Waals surface area (Å²) in [6, 6.07) is 19.4. The average Bonchev–Trinajstić information content (AvgIpc) is 3.10. The van der Waals surface area contributed by atoms with E-state index in [1.165, 1.54) is 23.9 Å². The monoisotopic (exact) mass is 378 g/mol. The lowest BCUT2D eigenvalue weighted by molar-refractivity contribution is -0.113. The molecule has 0 aliphatic rings. The molecule has 1 N–H and O–H groups in total. The molecule has 0 atom stereocenters. The molecule has 27 heavy (non-hydrogen) atoms. The van der Waals surface area contributed by atoms with Crippen LogP contribution in [0.15, 0.2) is 78.0 Å². The number of anilines is 1. The SMILES string of the molecule is O=C(CSc1ccc2nc(-c3ccccc3)cn2n1)Nc1cccc(F)c1. The molecule has 2 aromatic heterocycles. The number of fused-ring (bicyclic) bond motifs is 1. The Bertz CT molecular complexity index is 1100. The first-order chi connectivity index (χ1) is 13.2. The normalized spacial score (nSPS) is 10.9. The number of thioether (sulfide) groups is 1. The zero-order valence-electron chi connectivity index (χ0n) is 14.2. The molecule has 2 aromatic carbocycles. The van der Waals surface area contributed by atoms with Gasteiger partial charge in [-0.2, -0.15) is 5.10 Å². The largest absolute Gasteiger partial charge is 0.325 e. The number of nitrogens with zero attached hydrogens (tertiary/aromatic N) is 3. The number of halogens is 1. The summed E-state index contributed by atoms with van der Waals surface area (Å²) in [5.41, 5.74) is 3.04. The Hall–Kier alpha value is -3.19. The third kappa shape index (κ3) is 4.15. The van der Waals surface area contributed by atoms with Crippen LogP contribution in [0.5, 0.6) is 0 Å². The van der Waals surface area contributed by atoms with Crippen molar-refractivity contribution in [1.82, 2.24) is 14.6 Å². The van der Waals surface area contributed by atoms with Gasteiger partial charge >= 0.3 is 0 Å². The second-order valence-corrected chi connectivity index (χ2v) is 6.81. The molecule has 1 amide bonds. The predicted octanol–water partition coefficient (Wildman–Crippen LogP) is 4.27. The summed E-state index contributed by atoms with van der Waals surface area (Å²) in [6.45, 7) is 0. The number of amides is 1. The van der Waals surface area contributed by atoms with Crippen LogP contribution in [-0.4, -0.2) is 26.3 Å². The molecular formula is C20H15FN4OS. The van der Waals surface area contributed by atoms with Crippen molar-refractivity contribution in [2.24, 2.45) is 0 Å². The molecular weight excluding hydrogens is 363 g/mol. The number of hydrogen-bond donors (Lipinski definition) is 1. The molecule has 0 fully saturated rings. The summed E-state index contributed by atoms with van der Waals surface area (Å²) >= 11 is 1.31. The molecule has 0 bridgehead atoms. The first-order valence-corrected chi connectivity index (χ1v) is 9.26. The molecule has 0 aliphatic carbocycles. The van der Waals surface area contributed by atoms with Crippen molar-refractivity contribution in [3.63, 3.8) is 0 Å². The fourth-order valence-corrected chi connectivity index (χ4v) is 3.25. The maximum absolute atomic E-state index is 13.2. The summed E-state index contributed by atoms with van der Waals surface area (Å²) in [6.07, 6.45) is 1.86. The van der Waals surface area contributed by atoms with Crippen LogP contribution in [-0.2, 0) is 4.79 Å². The molecule has 2 heterocycles. The number of carbonyl (C=O) groups excluding carboxylic acids is 1. The van der Waals surface area contributed by atoms with Crippen LogP contribution in [0.3, 0.4) is 0 Å². The van der Waals surface area contributed by atoms with E-state index >= 15 is 0 Å². The number of imidazole rings is 1. The number of benzene rings is 2. The minimum absolute atomic E-state index is 0.176. The van der Waals surface area contributed by atoms with Crippen LogP contribution >= 0.6 is 11.8 Å². The van der Waals surface area contributed by atoms with Gasteiger partial charge in [-0.3, -0.25) is 4.79 Å². The van der Waals surface area contributed by atoms with Crippen LogP contribution in [0.4, 0.5) is 10.1 Å². The summed E-state index contributed by atoms with van der Waals surface area (Å²) in [5.74, 6) is -0.431. The second-order valence-electron chi connectivity index (χ2n) is 5.81. The molecule has 4 rings (SSSR count). The first-order valence-electron chi connectivity index (χ1n) is 8.27. The van der Waals surface area contributed by atoms with Gasteiger partial charge in [-0.25, -0.2) is 13.9 Å². The fourth-order valence-electron chi connectivity index (χ4n) is 2.59. The van der Waals surface area contributed by atoms with Gasteiger partial charge in [0.05, 0.1) is 17.6 Å². The molecule has 4 aromatic rings. The molecule has 0 unspecified atom stereocenters. The van der Waals surface area contributed by atoms with Gasteiger partial charge in [0.25, 0.3) is 0 Å². The van der Waals surface area contributed by atoms with E-state index in [9.17, 15) is 9.18 Å². The van der Waals surface area contributed by atoms with E-state index < -0.39 is 0 Å². The maximum atomic E-state index is 13.2. The van der Waals surface area contributed by atoms with Crippen LogP contribution in [0.25, 0.3) is 16.9 Å². The van der Waals surface area contributed by atoms with E-state index in [0.29, 0.717) is 10.7 Å². The molecule has 5 nitrogen and oxygen atoms in total. The Morgan fingerprint density at radius 3 is 2.74 bits per heavy atom. The van der Waals surface area contributed by atoms with Gasteiger partial charge in [0.2, 0.25) is 5.91 Å². The average molecular weight is 378 g/mol. The van der Waals surface area contributed by atoms with Gasteiger partial charge in [0.15, 0.2) is 5.65 Å². The highest BCUT2D eigenvalue weighted by atomic mass is 32.2. The standard InChI is InChI=1S/C20H15FN4OS/c21-15-7-4-8-16(11-15)22-19(26)13-27-20-10-9-18-23-17(12-25(18)24-20)14-5-2-1-3-6-14/h1-12H,13H2,(H,22,26). The summed E-state index contributed by atoms with van der Waals surface area (Å²) in [4.78, 5) is 16.6. The van der Waals surface area contributed by atoms with E-state index in [-0.39, 0.29) is 17.5 Å². The Morgan fingerprint density at radius 1 is 1.07 bits per heavy atom. The fraction of sp³-hybridized carbons (Fsp3) is 0.0500. The lowest BCUT2D eigenvalue weighted by Crippen LogP contribution is -2.14. The highest BCUT2D eigenvalue weighted by molar-refractivity contribution is 7.99. The van der Waals surface area contributed by atoms with E-state index in [1.54, 1.807) is 16.6 Å². The van der Waals surface area contributed by atoms with Crippen molar-refractivity contribution in [1.29, 1.82) is 0 Å². The summed E-state index contributed by atoms with van der Waals surface area (Å²) < 4.78 is 14.9. The van der Waals surface area contributed by atoms with E-state index in [0.717, 1.165) is 16.9 Å². The second kappa shape index (κ2) is 7.59. The third-order valence-corrected chi connectivity index (χ3v) is 4.74. The number of hydrogen-bond acceptors (Lipinski definition) is 4. The molecule has 0 aliphatic heterocycles. The minimum atomic E-state index is -0.387. The number of nitrogens with one attached hydrogen (secondary N) is 1. The maximum Gasteiger partial charge on any atom is 0.234 e. The van der Waals surface area contributed by atoms with E-state index in [4.69, 9.17) is 0 Å². The van der Waals surface area contributed by atoms with Gasteiger partial charge < -0.3 is 5.32 Å². The van der Waals surface area contributed by atoms with Gasteiger partial charge in [-0.1, -0.05) is 48.2 Å². The van der Waals surface area contributed by atoms with Crippen molar-refractivity contribution in [2.45, 2.75) is 5.03 Å². The predicted molar refractivity (Wildman–Crippen MR) is 104 cm³/mol. The van der Waals surface area contributed by atoms with Crippen LogP contribution in [0, 0.1) is 5.82 Å². The van der Waals surface area contributed by atoms with Crippen molar-refractivity contribution in [3.05, 3.63) is 78.7 Å². The number of rotatable bonds is 5. The summed E-state index contributed by atoms with van der Waals surface area (Å²) in [5, 5.41) is 7.86. The lowest BCUT2D eigenvalue weighted by Gasteiger charge is -2.05. The number of carbonyl (C=O) groups is 1. The molecule has 7 heteroatoms. The smallest absolute Gasteiger partial charge is 0.234 e. The highest BCUT2D eigenvalue weighted by Crippen LogP contribution is 2.21. The van der Waals surface area contributed by atoms with Crippen LogP contribution in [0.2, 0.25) is 0 Å². The van der Waals surface area contributed by atoms with Gasteiger partial charge in [-0.15, -0.1) is 0 Å². The van der Waals surface area contributed by atoms with Gasteiger partial charge in [0, 0.05) is 11.3 Å². The zero-order valence-corrected chi connectivity index (χ0v) is 15.0. The molecule has 0 spiro atoms. The third-order valence-electron chi connectivity index (χ3n) is 3.82. The first kappa shape index (κ1) is 17.2.